The molecule has 0 bridgehead atoms. The van der Waals surface area contributed by atoms with E-state index < -0.39 is 12.6 Å². The SMILES string of the molecule is CCN(CC)CCN(CCC(F)(F)F)C(=O)C1CCNCC1.Cl. The van der Waals surface area contributed by atoms with Gasteiger partial charge in [0.1, 0.15) is 0 Å². The Kier molecular flexibility index (Phi) is 10.8. The van der Waals surface area contributed by atoms with E-state index in [-0.39, 0.29) is 30.8 Å². The molecule has 23 heavy (non-hydrogen) atoms. The van der Waals surface area contributed by atoms with Crippen molar-refractivity contribution in [3.05, 3.63) is 0 Å². The Morgan fingerprint density at radius 2 is 1.65 bits per heavy atom. The fourth-order valence-electron chi connectivity index (χ4n) is 2.72. The van der Waals surface area contributed by atoms with Crippen LogP contribution in [-0.2, 0) is 4.79 Å². The lowest BCUT2D eigenvalue weighted by atomic mass is 9.96. The molecule has 8 heteroatoms. The molecule has 1 aliphatic rings. The second kappa shape index (κ2) is 11.1. The molecule has 1 saturated heterocycles. The van der Waals surface area contributed by atoms with E-state index in [0.29, 0.717) is 25.9 Å². The highest BCUT2D eigenvalue weighted by atomic mass is 35.5. The van der Waals surface area contributed by atoms with Gasteiger partial charge < -0.3 is 15.1 Å². The second-order valence-electron chi connectivity index (χ2n) is 5.74. The van der Waals surface area contributed by atoms with Crippen LogP contribution < -0.4 is 5.32 Å². The van der Waals surface area contributed by atoms with Crippen molar-refractivity contribution in [3.8, 4) is 0 Å². The van der Waals surface area contributed by atoms with Gasteiger partial charge in [0, 0.05) is 25.6 Å². The van der Waals surface area contributed by atoms with Gasteiger partial charge in [0.05, 0.1) is 6.42 Å². The lowest BCUT2D eigenvalue weighted by Gasteiger charge is -2.31. The average Bonchev–Trinajstić information content (AvgIpc) is 2.50. The van der Waals surface area contributed by atoms with Crippen LogP contribution in [0.25, 0.3) is 0 Å². The van der Waals surface area contributed by atoms with E-state index in [2.05, 4.69) is 10.2 Å². The molecule has 0 spiro atoms. The number of alkyl halides is 3. The van der Waals surface area contributed by atoms with Crippen molar-refractivity contribution in [2.45, 2.75) is 39.3 Å². The molecule has 0 aliphatic carbocycles. The first kappa shape index (κ1) is 22.5. The van der Waals surface area contributed by atoms with E-state index in [9.17, 15) is 18.0 Å². The van der Waals surface area contributed by atoms with Crippen molar-refractivity contribution in [2.75, 3.05) is 45.8 Å². The van der Waals surface area contributed by atoms with E-state index in [1.807, 2.05) is 13.8 Å². The second-order valence-corrected chi connectivity index (χ2v) is 5.74. The predicted octanol–water partition coefficient (Wildman–Crippen LogP) is 2.53. The molecule has 0 unspecified atom stereocenters. The standard InChI is InChI=1S/C15H28F3N3O.ClH/c1-3-20(4-2)11-12-21(10-7-15(16,17)18)14(22)13-5-8-19-9-6-13;/h13,19H,3-12H2,1-2H3;1H. The van der Waals surface area contributed by atoms with Gasteiger partial charge in [-0.15, -0.1) is 12.4 Å². The fourth-order valence-corrected chi connectivity index (χ4v) is 2.72. The first-order chi connectivity index (χ1) is 10.4. The summed E-state index contributed by atoms with van der Waals surface area (Å²) in [5.74, 6) is -0.246. The summed E-state index contributed by atoms with van der Waals surface area (Å²) < 4.78 is 37.5. The molecule has 0 atom stereocenters. The number of hydrogen-bond donors (Lipinski definition) is 1. The van der Waals surface area contributed by atoms with Crippen molar-refractivity contribution >= 4 is 18.3 Å². The number of likely N-dealkylation sites (N-methyl/N-ethyl adjacent to an activating group) is 1. The van der Waals surface area contributed by atoms with Crippen LogP contribution in [0.2, 0.25) is 0 Å². The highest BCUT2D eigenvalue weighted by Gasteiger charge is 2.31. The van der Waals surface area contributed by atoms with Crippen molar-refractivity contribution < 1.29 is 18.0 Å². The largest absolute Gasteiger partial charge is 0.390 e. The predicted molar refractivity (Wildman–Crippen MR) is 87.9 cm³/mol. The Labute approximate surface area is 143 Å². The van der Waals surface area contributed by atoms with Gasteiger partial charge >= 0.3 is 6.18 Å². The lowest BCUT2D eigenvalue weighted by Crippen LogP contribution is -2.45. The zero-order chi connectivity index (χ0) is 16.6. The molecule has 4 nitrogen and oxygen atoms in total. The van der Waals surface area contributed by atoms with Crippen LogP contribution in [0.4, 0.5) is 13.2 Å². The van der Waals surface area contributed by atoms with E-state index in [0.717, 1.165) is 26.2 Å². The lowest BCUT2D eigenvalue weighted by molar-refractivity contribution is -0.148. The summed E-state index contributed by atoms with van der Waals surface area (Å²) >= 11 is 0. The third kappa shape index (κ3) is 8.77. The van der Waals surface area contributed by atoms with Crippen LogP contribution in [0.3, 0.4) is 0 Å². The third-order valence-electron chi connectivity index (χ3n) is 4.25. The zero-order valence-electron chi connectivity index (χ0n) is 14.0. The normalized spacial score (nSPS) is 16.3. The molecule has 1 amide bonds. The minimum atomic E-state index is -4.22. The molecule has 1 heterocycles. The summed E-state index contributed by atoms with van der Waals surface area (Å²) in [5, 5.41) is 3.17. The van der Waals surface area contributed by atoms with Gasteiger partial charge in [-0.2, -0.15) is 13.2 Å². The van der Waals surface area contributed by atoms with Gasteiger partial charge in [-0.1, -0.05) is 13.8 Å². The van der Waals surface area contributed by atoms with Gasteiger partial charge in [0.2, 0.25) is 5.91 Å². The molecule has 0 radical (unpaired) electrons. The summed E-state index contributed by atoms with van der Waals surface area (Å²) in [4.78, 5) is 16.1. The Morgan fingerprint density at radius 3 is 2.13 bits per heavy atom. The zero-order valence-corrected chi connectivity index (χ0v) is 14.8. The van der Waals surface area contributed by atoms with Crippen molar-refractivity contribution in [2.24, 2.45) is 5.92 Å². The topological polar surface area (TPSA) is 35.6 Å². The van der Waals surface area contributed by atoms with Crippen molar-refractivity contribution in [1.29, 1.82) is 0 Å². The highest BCUT2D eigenvalue weighted by Crippen LogP contribution is 2.21. The van der Waals surface area contributed by atoms with Crippen LogP contribution >= 0.6 is 12.4 Å². The van der Waals surface area contributed by atoms with E-state index in [1.165, 1.54) is 4.90 Å². The summed E-state index contributed by atoms with van der Waals surface area (Å²) in [6.45, 7) is 8.00. The third-order valence-corrected chi connectivity index (χ3v) is 4.25. The fraction of sp³-hybridized carbons (Fsp3) is 0.933. The molecule has 0 aromatic carbocycles. The maximum atomic E-state index is 12.5. The van der Waals surface area contributed by atoms with Crippen molar-refractivity contribution in [1.82, 2.24) is 15.1 Å². The number of nitrogens with one attached hydrogen (secondary N) is 1. The average molecular weight is 360 g/mol. The number of carbonyl (C=O) groups is 1. The van der Waals surface area contributed by atoms with Crippen LogP contribution in [0.15, 0.2) is 0 Å². The monoisotopic (exact) mass is 359 g/mol. The molecular formula is C15H29ClF3N3O. The minimum Gasteiger partial charge on any atom is -0.341 e. The maximum Gasteiger partial charge on any atom is 0.390 e. The Hall–Kier alpha value is -0.530. The number of halogens is 4. The Balaban J connectivity index is 0.00000484. The molecule has 1 N–H and O–H groups in total. The van der Waals surface area contributed by atoms with Gasteiger partial charge in [-0.05, 0) is 39.0 Å². The molecule has 138 valence electrons. The molecule has 1 fully saturated rings. The summed E-state index contributed by atoms with van der Waals surface area (Å²) in [6.07, 6.45) is -3.72. The molecular weight excluding hydrogens is 331 g/mol. The number of carbonyl (C=O) groups excluding carboxylic acids is 1. The molecule has 1 aliphatic heterocycles. The van der Waals surface area contributed by atoms with Crippen LogP contribution in [0.5, 0.6) is 0 Å². The summed E-state index contributed by atoms with van der Waals surface area (Å²) in [7, 11) is 0. The van der Waals surface area contributed by atoms with E-state index in [4.69, 9.17) is 0 Å². The van der Waals surface area contributed by atoms with Crippen LogP contribution in [-0.4, -0.2) is 67.7 Å². The Morgan fingerprint density at radius 1 is 1.09 bits per heavy atom. The van der Waals surface area contributed by atoms with Gasteiger partial charge in [0.15, 0.2) is 0 Å². The molecule has 1 rings (SSSR count). The van der Waals surface area contributed by atoms with Crippen LogP contribution in [0, 0.1) is 5.92 Å². The highest BCUT2D eigenvalue weighted by molar-refractivity contribution is 5.85. The smallest absolute Gasteiger partial charge is 0.341 e. The van der Waals surface area contributed by atoms with E-state index in [1.54, 1.807) is 0 Å². The first-order valence-electron chi connectivity index (χ1n) is 8.16. The number of hydrogen-bond acceptors (Lipinski definition) is 3. The minimum absolute atomic E-state index is 0. The summed E-state index contributed by atoms with van der Waals surface area (Å²) in [5.41, 5.74) is 0. The van der Waals surface area contributed by atoms with E-state index >= 15 is 0 Å². The number of rotatable bonds is 8. The van der Waals surface area contributed by atoms with Gasteiger partial charge in [-0.3, -0.25) is 4.79 Å². The Bertz CT molecular complexity index is 332. The molecule has 0 aromatic rings. The number of amides is 1. The number of piperidine rings is 1. The number of nitrogens with zero attached hydrogens (tertiary/aromatic N) is 2. The molecule has 0 saturated carbocycles. The molecule has 0 aromatic heterocycles. The van der Waals surface area contributed by atoms with Gasteiger partial charge in [0.25, 0.3) is 0 Å². The summed E-state index contributed by atoms with van der Waals surface area (Å²) in [6, 6.07) is 0. The van der Waals surface area contributed by atoms with Crippen molar-refractivity contribution in [3.63, 3.8) is 0 Å². The first-order valence-corrected chi connectivity index (χ1v) is 8.16. The van der Waals surface area contributed by atoms with Crippen LogP contribution in [0.1, 0.15) is 33.1 Å². The maximum absolute atomic E-state index is 12.5. The van der Waals surface area contributed by atoms with Gasteiger partial charge in [-0.25, -0.2) is 0 Å². The quantitative estimate of drug-likeness (QED) is 0.723.